The van der Waals surface area contributed by atoms with Crippen molar-refractivity contribution in [2.45, 2.75) is 26.3 Å². The highest BCUT2D eigenvalue weighted by Crippen LogP contribution is 2.28. The molecule has 0 aliphatic carbocycles. The number of halogens is 1. The molecule has 0 bridgehead atoms. The van der Waals surface area contributed by atoms with E-state index < -0.39 is 0 Å². The summed E-state index contributed by atoms with van der Waals surface area (Å²) < 4.78 is 14.0. The normalized spacial score (nSPS) is 20.6. The van der Waals surface area contributed by atoms with E-state index in [9.17, 15) is 4.39 Å². The van der Waals surface area contributed by atoms with Crippen molar-refractivity contribution in [3.05, 3.63) is 29.6 Å². The minimum atomic E-state index is -0.0909. The van der Waals surface area contributed by atoms with Crippen molar-refractivity contribution in [2.24, 2.45) is 5.92 Å². The van der Waals surface area contributed by atoms with Crippen LogP contribution in [0, 0.1) is 11.7 Å². The highest BCUT2D eigenvalue weighted by atomic mass is 19.1. The van der Waals surface area contributed by atoms with Crippen LogP contribution in [-0.2, 0) is 6.54 Å². The highest BCUT2D eigenvalue weighted by Gasteiger charge is 2.21. The van der Waals surface area contributed by atoms with Crippen LogP contribution >= 0.6 is 0 Å². The van der Waals surface area contributed by atoms with Crippen LogP contribution in [0.3, 0.4) is 0 Å². The second kappa shape index (κ2) is 5.50. The van der Waals surface area contributed by atoms with E-state index in [1.165, 1.54) is 6.42 Å². The van der Waals surface area contributed by atoms with E-state index in [2.05, 4.69) is 17.1 Å². The molecule has 0 amide bonds. The third-order valence-corrected chi connectivity index (χ3v) is 3.41. The van der Waals surface area contributed by atoms with Gasteiger partial charge in [-0.25, -0.2) is 4.39 Å². The molecule has 1 aliphatic rings. The summed E-state index contributed by atoms with van der Waals surface area (Å²) >= 11 is 0. The van der Waals surface area contributed by atoms with Crippen molar-refractivity contribution in [1.82, 2.24) is 5.32 Å². The second-order valence-corrected chi connectivity index (χ2v) is 4.97. The molecular formula is C14H21FN2. The lowest BCUT2D eigenvalue weighted by molar-refractivity contribution is 0.441. The van der Waals surface area contributed by atoms with Gasteiger partial charge in [0.05, 0.1) is 5.69 Å². The number of hydrogen-bond acceptors (Lipinski definition) is 2. The number of hydrogen-bond donors (Lipinski definition) is 1. The van der Waals surface area contributed by atoms with Crippen LogP contribution in [0.2, 0.25) is 0 Å². The van der Waals surface area contributed by atoms with Gasteiger partial charge in [-0.1, -0.05) is 19.1 Å². The van der Waals surface area contributed by atoms with Crippen molar-refractivity contribution in [1.29, 1.82) is 0 Å². The van der Waals surface area contributed by atoms with Crippen LogP contribution in [0.15, 0.2) is 18.2 Å². The molecule has 17 heavy (non-hydrogen) atoms. The van der Waals surface area contributed by atoms with Crippen LogP contribution in [0.5, 0.6) is 0 Å². The Morgan fingerprint density at radius 3 is 3.00 bits per heavy atom. The number of anilines is 1. The minimum absolute atomic E-state index is 0.0909. The molecule has 0 spiro atoms. The average Bonchev–Trinajstić information content (AvgIpc) is 2.29. The fourth-order valence-electron chi connectivity index (χ4n) is 2.64. The quantitative estimate of drug-likeness (QED) is 0.868. The molecule has 1 atom stereocenters. The van der Waals surface area contributed by atoms with Crippen LogP contribution in [-0.4, -0.2) is 20.1 Å². The van der Waals surface area contributed by atoms with Gasteiger partial charge in [-0.15, -0.1) is 0 Å². The van der Waals surface area contributed by atoms with E-state index in [1.54, 1.807) is 12.1 Å². The fraction of sp³-hybridized carbons (Fsp3) is 0.571. The molecule has 0 saturated carbocycles. The van der Waals surface area contributed by atoms with E-state index >= 15 is 0 Å². The molecular weight excluding hydrogens is 215 g/mol. The monoisotopic (exact) mass is 236 g/mol. The molecule has 1 fully saturated rings. The maximum atomic E-state index is 14.0. The van der Waals surface area contributed by atoms with Crippen molar-refractivity contribution in [3.8, 4) is 0 Å². The minimum Gasteiger partial charge on any atom is -0.369 e. The smallest absolute Gasteiger partial charge is 0.146 e. The first-order valence-electron chi connectivity index (χ1n) is 6.39. The lowest BCUT2D eigenvalue weighted by atomic mass is 9.98. The molecule has 1 heterocycles. The first kappa shape index (κ1) is 12.4. The van der Waals surface area contributed by atoms with Crippen LogP contribution < -0.4 is 10.2 Å². The van der Waals surface area contributed by atoms with Gasteiger partial charge < -0.3 is 10.2 Å². The zero-order chi connectivity index (χ0) is 12.3. The van der Waals surface area contributed by atoms with E-state index in [0.29, 0.717) is 5.92 Å². The Bertz CT molecular complexity index is 378. The number of rotatable bonds is 3. The summed E-state index contributed by atoms with van der Waals surface area (Å²) in [5.74, 6) is 0.567. The molecule has 94 valence electrons. The summed E-state index contributed by atoms with van der Waals surface area (Å²) in [5.41, 5.74) is 1.86. The Hall–Kier alpha value is -1.09. The molecule has 3 heteroatoms. The van der Waals surface area contributed by atoms with Gasteiger partial charge in [0.2, 0.25) is 0 Å². The number of nitrogens with one attached hydrogen (secondary N) is 1. The first-order chi connectivity index (χ1) is 8.22. The topological polar surface area (TPSA) is 15.3 Å². The van der Waals surface area contributed by atoms with Crippen LogP contribution in [0.25, 0.3) is 0 Å². The van der Waals surface area contributed by atoms with Gasteiger partial charge in [-0.2, -0.15) is 0 Å². The van der Waals surface area contributed by atoms with E-state index in [1.807, 2.05) is 13.1 Å². The van der Waals surface area contributed by atoms with Gasteiger partial charge >= 0.3 is 0 Å². The van der Waals surface area contributed by atoms with Crippen LogP contribution in [0.1, 0.15) is 25.3 Å². The summed E-state index contributed by atoms with van der Waals surface area (Å²) in [6.45, 7) is 4.91. The standard InChI is InChI=1S/C14H21FN2/c1-11-5-4-8-17(10-11)14-12(9-16-2)6-3-7-13(14)15/h3,6-7,11,16H,4-5,8-10H2,1-2H3. The Kier molecular flexibility index (Phi) is 4.00. The molecule has 1 aromatic rings. The molecule has 1 unspecified atom stereocenters. The molecule has 0 aromatic heterocycles. The predicted octanol–water partition coefficient (Wildman–Crippen LogP) is 2.78. The van der Waals surface area contributed by atoms with E-state index in [-0.39, 0.29) is 5.82 Å². The highest BCUT2D eigenvalue weighted by molar-refractivity contribution is 5.55. The molecule has 2 nitrogen and oxygen atoms in total. The summed E-state index contributed by atoms with van der Waals surface area (Å²) in [5, 5.41) is 3.11. The number of piperidine rings is 1. The summed E-state index contributed by atoms with van der Waals surface area (Å²) in [7, 11) is 1.90. The number of benzene rings is 1. The Morgan fingerprint density at radius 2 is 2.29 bits per heavy atom. The fourth-order valence-corrected chi connectivity index (χ4v) is 2.64. The Morgan fingerprint density at radius 1 is 1.47 bits per heavy atom. The molecule has 1 aromatic carbocycles. The average molecular weight is 236 g/mol. The number of para-hydroxylation sites is 1. The third-order valence-electron chi connectivity index (χ3n) is 3.41. The summed E-state index contributed by atoms with van der Waals surface area (Å²) in [4.78, 5) is 2.20. The Labute approximate surface area is 103 Å². The van der Waals surface area contributed by atoms with Crippen molar-refractivity contribution in [3.63, 3.8) is 0 Å². The first-order valence-corrected chi connectivity index (χ1v) is 6.39. The molecule has 0 radical (unpaired) electrons. The third kappa shape index (κ3) is 2.78. The molecule has 1 aliphatic heterocycles. The van der Waals surface area contributed by atoms with Gasteiger partial charge in [0.1, 0.15) is 5.82 Å². The van der Waals surface area contributed by atoms with E-state index in [4.69, 9.17) is 0 Å². The lowest BCUT2D eigenvalue weighted by Crippen LogP contribution is -2.35. The molecule has 1 N–H and O–H groups in total. The summed E-state index contributed by atoms with van der Waals surface area (Å²) in [6, 6.07) is 5.36. The van der Waals surface area contributed by atoms with Gasteiger partial charge in [0, 0.05) is 19.6 Å². The van der Waals surface area contributed by atoms with Crippen molar-refractivity contribution in [2.75, 3.05) is 25.0 Å². The second-order valence-electron chi connectivity index (χ2n) is 4.97. The largest absolute Gasteiger partial charge is 0.369 e. The van der Waals surface area contributed by atoms with Crippen molar-refractivity contribution >= 4 is 5.69 Å². The van der Waals surface area contributed by atoms with Gasteiger partial charge in [-0.05, 0) is 37.4 Å². The van der Waals surface area contributed by atoms with Gasteiger partial charge in [0.25, 0.3) is 0 Å². The van der Waals surface area contributed by atoms with Gasteiger partial charge in [-0.3, -0.25) is 0 Å². The molecule has 1 saturated heterocycles. The maximum Gasteiger partial charge on any atom is 0.146 e. The lowest BCUT2D eigenvalue weighted by Gasteiger charge is -2.34. The SMILES string of the molecule is CNCc1cccc(F)c1N1CCCC(C)C1. The maximum absolute atomic E-state index is 14.0. The van der Waals surface area contributed by atoms with Gasteiger partial charge in [0.15, 0.2) is 0 Å². The summed E-state index contributed by atoms with van der Waals surface area (Å²) in [6.07, 6.45) is 2.42. The molecule has 2 rings (SSSR count). The zero-order valence-corrected chi connectivity index (χ0v) is 10.7. The van der Waals surface area contributed by atoms with Crippen LogP contribution in [0.4, 0.5) is 10.1 Å². The number of nitrogens with zero attached hydrogens (tertiary/aromatic N) is 1. The predicted molar refractivity (Wildman–Crippen MR) is 69.8 cm³/mol. The van der Waals surface area contributed by atoms with E-state index in [0.717, 1.165) is 37.3 Å². The Balaban J connectivity index is 2.28. The van der Waals surface area contributed by atoms with Crippen molar-refractivity contribution < 1.29 is 4.39 Å². The zero-order valence-electron chi connectivity index (χ0n) is 10.7.